The van der Waals surface area contributed by atoms with E-state index in [9.17, 15) is 9.50 Å². The lowest BCUT2D eigenvalue weighted by Gasteiger charge is -2.19. The van der Waals surface area contributed by atoms with Crippen molar-refractivity contribution in [2.24, 2.45) is 0 Å². The fourth-order valence-corrected chi connectivity index (χ4v) is 2.22. The zero-order valence-electron chi connectivity index (χ0n) is 12.3. The number of rotatable bonds is 6. The third kappa shape index (κ3) is 4.20. The quantitative estimate of drug-likeness (QED) is 0.852. The molecule has 1 unspecified atom stereocenters. The Kier molecular flexibility index (Phi) is 5.17. The Morgan fingerprint density at radius 1 is 1.19 bits per heavy atom. The van der Waals surface area contributed by atoms with Crippen LogP contribution < -0.4 is 10.1 Å². The van der Waals surface area contributed by atoms with E-state index < -0.39 is 0 Å². The third-order valence-corrected chi connectivity index (χ3v) is 3.16. The Balaban J connectivity index is 2.15. The molecule has 2 aromatic carbocycles. The van der Waals surface area contributed by atoms with Gasteiger partial charge < -0.3 is 15.2 Å². The minimum atomic E-state index is -0.291. The Labute approximate surface area is 124 Å². The van der Waals surface area contributed by atoms with Gasteiger partial charge in [0.25, 0.3) is 0 Å². The van der Waals surface area contributed by atoms with E-state index in [1.165, 1.54) is 12.1 Å². The molecule has 0 aliphatic carbocycles. The zero-order valence-corrected chi connectivity index (χ0v) is 12.3. The summed E-state index contributed by atoms with van der Waals surface area (Å²) in [5.74, 6) is 0.500. The van der Waals surface area contributed by atoms with Crippen LogP contribution in [0.4, 0.5) is 10.1 Å². The first kappa shape index (κ1) is 15.3. The van der Waals surface area contributed by atoms with E-state index in [1.807, 2.05) is 44.2 Å². The molecule has 0 aliphatic rings. The molecule has 1 atom stereocenters. The summed E-state index contributed by atoms with van der Waals surface area (Å²) in [4.78, 5) is 0. The average Bonchev–Trinajstić information content (AvgIpc) is 2.45. The van der Waals surface area contributed by atoms with E-state index in [0.717, 1.165) is 16.9 Å². The Morgan fingerprint density at radius 2 is 1.90 bits per heavy atom. The molecule has 21 heavy (non-hydrogen) atoms. The summed E-state index contributed by atoms with van der Waals surface area (Å²) in [5, 5.41) is 12.7. The minimum Gasteiger partial charge on any atom is -0.494 e. The van der Waals surface area contributed by atoms with Crippen molar-refractivity contribution < 1.29 is 14.2 Å². The first-order valence-corrected chi connectivity index (χ1v) is 6.99. The smallest absolute Gasteiger partial charge is 0.125 e. The van der Waals surface area contributed by atoms with Gasteiger partial charge in [0.2, 0.25) is 0 Å². The van der Waals surface area contributed by atoms with Crippen molar-refractivity contribution in [3.05, 3.63) is 59.4 Å². The molecule has 0 aromatic heterocycles. The molecular weight excluding hydrogens is 269 g/mol. The molecule has 3 nitrogen and oxygen atoms in total. The molecule has 0 aliphatic heterocycles. The molecule has 2 N–H and O–H groups in total. The summed E-state index contributed by atoms with van der Waals surface area (Å²) in [7, 11) is 0. The highest BCUT2D eigenvalue weighted by atomic mass is 19.1. The van der Waals surface area contributed by atoms with Crippen molar-refractivity contribution in [3.63, 3.8) is 0 Å². The molecule has 0 saturated heterocycles. The third-order valence-electron chi connectivity index (χ3n) is 3.16. The van der Waals surface area contributed by atoms with Gasteiger partial charge in [0.15, 0.2) is 0 Å². The highest BCUT2D eigenvalue weighted by molar-refractivity contribution is 5.48. The van der Waals surface area contributed by atoms with Crippen LogP contribution >= 0.6 is 0 Å². The predicted molar refractivity (Wildman–Crippen MR) is 82.2 cm³/mol. The van der Waals surface area contributed by atoms with Gasteiger partial charge in [-0.3, -0.25) is 0 Å². The zero-order chi connectivity index (χ0) is 15.2. The number of ether oxygens (including phenoxy) is 1. The van der Waals surface area contributed by atoms with Crippen LogP contribution in [0.1, 0.15) is 24.1 Å². The number of benzene rings is 2. The van der Waals surface area contributed by atoms with Gasteiger partial charge in [0.1, 0.15) is 11.6 Å². The standard InChI is InChI=1S/C17H20FNO2/c1-3-21-16-6-4-13(5-7-16)17(11-20)19-15-9-12(2)8-14(18)10-15/h4-10,17,19-20H,3,11H2,1-2H3. The number of hydrogen-bond acceptors (Lipinski definition) is 3. The second-order valence-corrected chi connectivity index (χ2v) is 4.90. The molecule has 0 bridgehead atoms. The highest BCUT2D eigenvalue weighted by Gasteiger charge is 2.11. The molecule has 0 spiro atoms. The summed E-state index contributed by atoms with van der Waals surface area (Å²) >= 11 is 0. The first-order valence-electron chi connectivity index (χ1n) is 6.99. The minimum absolute atomic E-state index is 0.0798. The van der Waals surface area contributed by atoms with Crippen molar-refractivity contribution in [1.29, 1.82) is 0 Å². The highest BCUT2D eigenvalue weighted by Crippen LogP contribution is 2.23. The second kappa shape index (κ2) is 7.09. The fraction of sp³-hybridized carbons (Fsp3) is 0.294. The van der Waals surface area contributed by atoms with Crippen LogP contribution in [0.2, 0.25) is 0 Å². The lowest BCUT2D eigenvalue weighted by Crippen LogP contribution is -2.15. The maximum absolute atomic E-state index is 13.4. The normalized spacial score (nSPS) is 12.0. The van der Waals surface area contributed by atoms with E-state index in [0.29, 0.717) is 12.3 Å². The topological polar surface area (TPSA) is 41.5 Å². The molecule has 0 fully saturated rings. The number of aliphatic hydroxyl groups is 1. The van der Waals surface area contributed by atoms with Crippen molar-refractivity contribution >= 4 is 5.69 Å². The van der Waals surface area contributed by atoms with Gasteiger partial charge in [-0.2, -0.15) is 0 Å². The van der Waals surface area contributed by atoms with E-state index >= 15 is 0 Å². The predicted octanol–water partition coefficient (Wildman–Crippen LogP) is 3.68. The summed E-state index contributed by atoms with van der Waals surface area (Å²) in [6.45, 7) is 4.30. The maximum atomic E-state index is 13.4. The summed E-state index contributed by atoms with van der Waals surface area (Å²) < 4.78 is 18.8. The van der Waals surface area contributed by atoms with Crippen LogP contribution in [0, 0.1) is 12.7 Å². The summed E-state index contributed by atoms with van der Waals surface area (Å²) in [6.07, 6.45) is 0. The molecule has 0 heterocycles. The summed E-state index contributed by atoms with van der Waals surface area (Å²) in [6, 6.07) is 12.0. The molecular formula is C17H20FNO2. The average molecular weight is 289 g/mol. The van der Waals surface area contributed by atoms with Gasteiger partial charge in [-0.25, -0.2) is 4.39 Å². The van der Waals surface area contributed by atoms with Crippen LogP contribution in [-0.2, 0) is 0 Å². The maximum Gasteiger partial charge on any atom is 0.125 e. The number of anilines is 1. The number of aliphatic hydroxyl groups excluding tert-OH is 1. The van der Waals surface area contributed by atoms with Crippen LogP contribution in [0.5, 0.6) is 5.75 Å². The van der Waals surface area contributed by atoms with Crippen molar-refractivity contribution in [2.75, 3.05) is 18.5 Å². The molecule has 2 rings (SSSR count). The lowest BCUT2D eigenvalue weighted by atomic mass is 10.1. The van der Waals surface area contributed by atoms with Crippen molar-refractivity contribution in [2.45, 2.75) is 19.9 Å². The van der Waals surface area contributed by atoms with E-state index in [-0.39, 0.29) is 18.5 Å². The van der Waals surface area contributed by atoms with Gasteiger partial charge in [-0.05, 0) is 55.3 Å². The number of halogens is 1. The Hall–Kier alpha value is -2.07. The number of aryl methyl sites for hydroxylation is 1. The van der Waals surface area contributed by atoms with Crippen LogP contribution in [0.15, 0.2) is 42.5 Å². The Bertz CT molecular complexity index is 564. The molecule has 0 amide bonds. The van der Waals surface area contributed by atoms with E-state index in [2.05, 4.69) is 5.32 Å². The summed E-state index contributed by atoms with van der Waals surface area (Å²) in [5.41, 5.74) is 2.41. The van der Waals surface area contributed by atoms with Gasteiger partial charge >= 0.3 is 0 Å². The lowest BCUT2D eigenvalue weighted by molar-refractivity contribution is 0.276. The van der Waals surface area contributed by atoms with E-state index in [1.54, 1.807) is 0 Å². The number of hydrogen-bond donors (Lipinski definition) is 2. The van der Waals surface area contributed by atoms with Gasteiger partial charge in [-0.15, -0.1) is 0 Å². The first-order chi connectivity index (χ1) is 10.1. The molecule has 112 valence electrons. The van der Waals surface area contributed by atoms with Gasteiger partial charge in [0.05, 0.1) is 19.3 Å². The van der Waals surface area contributed by atoms with E-state index in [4.69, 9.17) is 4.74 Å². The van der Waals surface area contributed by atoms with Crippen LogP contribution in [0.25, 0.3) is 0 Å². The van der Waals surface area contributed by atoms with Crippen molar-refractivity contribution in [1.82, 2.24) is 0 Å². The fourth-order valence-electron chi connectivity index (χ4n) is 2.22. The number of nitrogens with one attached hydrogen (secondary N) is 1. The SMILES string of the molecule is CCOc1ccc(C(CO)Nc2cc(C)cc(F)c2)cc1. The molecule has 4 heteroatoms. The monoisotopic (exact) mass is 289 g/mol. The van der Waals surface area contributed by atoms with Gasteiger partial charge in [0, 0.05) is 5.69 Å². The molecule has 2 aromatic rings. The molecule has 0 saturated carbocycles. The van der Waals surface area contributed by atoms with Crippen LogP contribution in [0.3, 0.4) is 0 Å². The largest absolute Gasteiger partial charge is 0.494 e. The molecule has 0 radical (unpaired) electrons. The van der Waals surface area contributed by atoms with Crippen molar-refractivity contribution in [3.8, 4) is 5.75 Å². The second-order valence-electron chi connectivity index (χ2n) is 4.90. The van der Waals surface area contributed by atoms with Gasteiger partial charge in [-0.1, -0.05) is 12.1 Å². The van der Waals surface area contributed by atoms with Crippen LogP contribution in [-0.4, -0.2) is 18.3 Å². The Morgan fingerprint density at radius 3 is 2.48 bits per heavy atom.